The van der Waals surface area contributed by atoms with Gasteiger partial charge in [0, 0.05) is 25.2 Å². The van der Waals surface area contributed by atoms with Crippen molar-refractivity contribution in [2.45, 2.75) is 69.8 Å². The monoisotopic (exact) mass is 587 g/mol. The third kappa shape index (κ3) is 8.41. The summed E-state index contributed by atoms with van der Waals surface area (Å²) in [5.41, 5.74) is 4.80. The Balaban J connectivity index is 0.000000327. The molecule has 0 aromatic heterocycles. The second kappa shape index (κ2) is 16.3. The molecule has 2 fully saturated rings. The van der Waals surface area contributed by atoms with Crippen molar-refractivity contribution in [3.63, 3.8) is 0 Å². The first kappa shape index (κ1) is 31.5. The summed E-state index contributed by atoms with van der Waals surface area (Å²) in [6.45, 7) is 2.17. The van der Waals surface area contributed by atoms with E-state index in [9.17, 15) is 14.0 Å². The molecule has 1 amide bonds. The molecule has 2 aliphatic carbocycles. The number of anilines is 1. The van der Waals surface area contributed by atoms with Gasteiger partial charge in [-0.2, -0.15) is 0 Å². The highest BCUT2D eigenvalue weighted by atomic mass is 79.9. The molecular formula is C31H41BrFN2O3+. The molecule has 3 atom stereocenters. The summed E-state index contributed by atoms with van der Waals surface area (Å²) >= 11 is 2.94. The first-order valence-corrected chi connectivity index (χ1v) is 14.9. The lowest BCUT2D eigenvalue weighted by Crippen LogP contribution is -2.55. The van der Waals surface area contributed by atoms with Gasteiger partial charge >= 0.3 is 5.97 Å². The number of hydrogen-bond donors (Lipinski definition) is 2. The van der Waals surface area contributed by atoms with E-state index in [1.807, 2.05) is 24.0 Å². The van der Waals surface area contributed by atoms with Crippen LogP contribution in [0, 0.1) is 30.0 Å². The zero-order valence-electron chi connectivity index (χ0n) is 22.6. The van der Waals surface area contributed by atoms with Crippen LogP contribution in [0.3, 0.4) is 0 Å². The van der Waals surface area contributed by atoms with Crippen molar-refractivity contribution in [3.05, 3.63) is 66.0 Å². The van der Waals surface area contributed by atoms with Crippen molar-refractivity contribution in [2.75, 3.05) is 17.7 Å². The Morgan fingerprint density at radius 1 is 1.08 bits per heavy atom. The maximum Gasteiger partial charge on any atom is 0.316 e. The molecule has 0 aliphatic heterocycles. The van der Waals surface area contributed by atoms with E-state index < -0.39 is 11.2 Å². The third-order valence-electron chi connectivity index (χ3n) is 7.35. The molecule has 38 heavy (non-hydrogen) atoms. The van der Waals surface area contributed by atoms with Crippen LogP contribution < -0.4 is 11.1 Å². The summed E-state index contributed by atoms with van der Waals surface area (Å²) < 4.78 is 18.8. The van der Waals surface area contributed by atoms with Crippen LogP contribution in [0.1, 0.15) is 63.9 Å². The lowest BCUT2D eigenvalue weighted by molar-refractivity contribution is -0.372. The van der Waals surface area contributed by atoms with Crippen LogP contribution >= 0.6 is 15.9 Å². The molecule has 3 unspecified atom stereocenters. The van der Waals surface area contributed by atoms with Gasteiger partial charge in [0.05, 0.1) is 17.6 Å². The Morgan fingerprint density at radius 2 is 1.68 bits per heavy atom. The number of alkyl halides is 1. The molecule has 0 saturated heterocycles. The number of nitrogens with one attached hydrogen (secondary N) is 1. The highest BCUT2D eigenvalue weighted by Crippen LogP contribution is 2.43. The Morgan fingerprint density at radius 3 is 2.24 bits per heavy atom. The molecule has 206 valence electrons. The molecular weight excluding hydrogens is 547 g/mol. The molecule has 2 saturated carbocycles. The number of terminal acetylenes is 1. The van der Waals surface area contributed by atoms with E-state index in [0.29, 0.717) is 0 Å². The standard InChI is InChI=1S/C22H29NO2.C8H8FNO.CH3Br/c1-2-17-16-20(19(17)12-15-23)25-21(24)22(13-8-3-4-9-14-22)18-10-6-5-7-11-18;1-6(11)10-8-5-3-2-4-7(8)9;1-2/h1,5-7,10-11,17,19-20H,3-4,8-9,12-16,23H2;2-5H,1H3,(H,10,11);1H3/p+1. The fraction of sp³-hybridized carbons (Fsp3) is 0.484. The molecule has 0 spiro atoms. The highest BCUT2D eigenvalue weighted by molar-refractivity contribution is 9.08. The molecule has 7 heteroatoms. The summed E-state index contributed by atoms with van der Waals surface area (Å²) in [5.74, 6) is 4.47. The summed E-state index contributed by atoms with van der Waals surface area (Å²) in [6.07, 6.45) is 13.7. The minimum atomic E-state index is -0.478. The number of rotatable bonds is 6. The Hall–Kier alpha value is -2.69. The van der Waals surface area contributed by atoms with Crippen LogP contribution in [0.15, 0.2) is 54.6 Å². The number of ether oxygens (including phenoxy) is 1. The Labute approximate surface area is 235 Å². The quantitative estimate of drug-likeness (QED) is 0.191. The minimum absolute atomic E-state index is 0.0286. The van der Waals surface area contributed by atoms with Gasteiger partial charge in [0.2, 0.25) is 5.91 Å². The fourth-order valence-corrected chi connectivity index (χ4v) is 5.32. The second-order valence-electron chi connectivity index (χ2n) is 9.78. The summed E-state index contributed by atoms with van der Waals surface area (Å²) in [7, 11) is 0. The van der Waals surface area contributed by atoms with Crippen molar-refractivity contribution in [2.24, 2.45) is 11.8 Å². The first-order chi connectivity index (χ1) is 18.4. The van der Waals surface area contributed by atoms with Crippen molar-refractivity contribution in [1.29, 1.82) is 0 Å². The minimum Gasteiger partial charge on any atom is -0.461 e. The van der Waals surface area contributed by atoms with E-state index in [2.05, 4.69) is 45.0 Å². The van der Waals surface area contributed by atoms with Crippen molar-refractivity contribution < 1.29 is 24.5 Å². The van der Waals surface area contributed by atoms with E-state index in [0.717, 1.165) is 50.6 Å². The molecule has 0 bridgehead atoms. The summed E-state index contributed by atoms with van der Waals surface area (Å²) in [6, 6.07) is 16.3. The van der Waals surface area contributed by atoms with Crippen molar-refractivity contribution >= 4 is 33.5 Å². The van der Waals surface area contributed by atoms with E-state index >= 15 is 0 Å². The van der Waals surface area contributed by atoms with Gasteiger partial charge in [-0.1, -0.05) is 84.1 Å². The van der Waals surface area contributed by atoms with Crippen LogP contribution in [0.5, 0.6) is 0 Å². The van der Waals surface area contributed by atoms with Crippen molar-refractivity contribution in [1.82, 2.24) is 0 Å². The number of halogens is 2. The Bertz CT molecular complexity index is 1050. The first-order valence-electron chi connectivity index (χ1n) is 13.3. The molecule has 0 heterocycles. The third-order valence-corrected chi connectivity index (χ3v) is 7.35. The van der Waals surface area contributed by atoms with E-state index in [1.165, 1.54) is 31.9 Å². The number of amides is 1. The van der Waals surface area contributed by atoms with E-state index in [1.54, 1.807) is 12.1 Å². The van der Waals surface area contributed by atoms with Gasteiger partial charge in [0.15, 0.2) is 0 Å². The lowest BCUT2D eigenvalue weighted by atomic mass is 9.69. The number of para-hydroxylation sites is 1. The van der Waals surface area contributed by atoms with Crippen LogP contribution in [-0.2, 0) is 19.7 Å². The van der Waals surface area contributed by atoms with Gasteiger partial charge in [0.1, 0.15) is 11.9 Å². The van der Waals surface area contributed by atoms with Crippen molar-refractivity contribution in [3.8, 4) is 12.3 Å². The molecule has 2 aromatic carbocycles. The number of benzene rings is 2. The smallest absolute Gasteiger partial charge is 0.316 e. The Kier molecular flexibility index (Phi) is 13.5. The molecule has 4 rings (SSSR count). The topological polar surface area (TPSA) is 83.0 Å². The molecule has 5 nitrogen and oxygen atoms in total. The van der Waals surface area contributed by atoms with Crippen LogP contribution in [0.25, 0.3) is 0 Å². The predicted octanol–water partition coefficient (Wildman–Crippen LogP) is 5.89. The van der Waals surface area contributed by atoms with Crippen LogP contribution in [0.4, 0.5) is 10.1 Å². The zero-order chi connectivity index (χ0) is 28.0. The van der Waals surface area contributed by atoms with Gasteiger partial charge in [-0.25, -0.2) is 4.39 Å². The normalized spacial score (nSPS) is 21.4. The molecule has 2 aliphatic rings. The SMILES string of the molecule is C#CC1CC(OC(=O)C2(c3ccccc3)CCCCCC2)C1CC[NH3+].CBr.CC(=O)Nc1ccccc1F. The molecule has 2 aromatic rings. The van der Waals surface area contributed by atoms with Crippen LogP contribution in [0.2, 0.25) is 0 Å². The number of esters is 1. The fourth-order valence-electron chi connectivity index (χ4n) is 5.32. The van der Waals surface area contributed by atoms with E-state index in [-0.39, 0.29) is 35.5 Å². The molecule has 0 radical (unpaired) electrons. The average Bonchev–Trinajstić information content (AvgIpc) is 3.20. The molecule has 4 N–H and O–H groups in total. The number of carbonyl (C=O) groups is 2. The maximum absolute atomic E-state index is 13.3. The largest absolute Gasteiger partial charge is 0.461 e. The van der Waals surface area contributed by atoms with Gasteiger partial charge in [-0.05, 0) is 42.8 Å². The predicted molar refractivity (Wildman–Crippen MR) is 154 cm³/mol. The average molecular weight is 589 g/mol. The lowest BCUT2D eigenvalue weighted by Gasteiger charge is -2.43. The van der Waals surface area contributed by atoms with Gasteiger partial charge in [-0.15, -0.1) is 12.3 Å². The highest BCUT2D eigenvalue weighted by Gasteiger charge is 2.47. The second-order valence-corrected chi connectivity index (χ2v) is 9.78. The summed E-state index contributed by atoms with van der Waals surface area (Å²) in [4.78, 5) is 23.8. The van der Waals surface area contributed by atoms with E-state index in [4.69, 9.17) is 11.2 Å². The van der Waals surface area contributed by atoms with Gasteiger partial charge in [-0.3, -0.25) is 9.59 Å². The number of carbonyl (C=O) groups excluding carboxylic acids is 2. The van der Waals surface area contributed by atoms with Gasteiger partial charge in [0.25, 0.3) is 0 Å². The number of hydrogen-bond acceptors (Lipinski definition) is 3. The zero-order valence-corrected chi connectivity index (χ0v) is 24.1. The van der Waals surface area contributed by atoms with Crippen LogP contribution in [-0.4, -0.2) is 30.4 Å². The summed E-state index contributed by atoms with van der Waals surface area (Å²) in [5, 5.41) is 2.36. The maximum atomic E-state index is 13.3. The van der Waals surface area contributed by atoms with Gasteiger partial charge < -0.3 is 15.8 Å². The number of quaternary nitrogens is 1.